The zero-order valence-corrected chi connectivity index (χ0v) is 13.5. The molecular weight excluding hydrogens is 248 g/mol. The fourth-order valence-electron chi connectivity index (χ4n) is 4.34. The van der Waals surface area contributed by atoms with Gasteiger partial charge in [-0.25, -0.2) is 0 Å². The van der Waals surface area contributed by atoms with E-state index in [9.17, 15) is 0 Å². The van der Waals surface area contributed by atoms with Crippen molar-refractivity contribution in [3.63, 3.8) is 0 Å². The van der Waals surface area contributed by atoms with Gasteiger partial charge in [0.15, 0.2) is 0 Å². The first-order valence-electron chi connectivity index (χ1n) is 8.81. The summed E-state index contributed by atoms with van der Waals surface area (Å²) in [7, 11) is 0. The molecule has 0 aromatic carbocycles. The van der Waals surface area contributed by atoms with Gasteiger partial charge in [0.25, 0.3) is 0 Å². The van der Waals surface area contributed by atoms with Crippen molar-refractivity contribution in [2.24, 2.45) is 0 Å². The minimum Gasteiger partial charge on any atom is -0.375 e. The van der Waals surface area contributed by atoms with E-state index in [1.807, 2.05) is 0 Å². The van der Waals surface area contributed by atoms with Crippen molar-refractivity contribution in [3.8, 4) is 0 Å². The van der Waals surface area contributed by atoms with E-state index in [0.717, 1.165) is 31.5 Å². The second-order valence-electron chi connectivity index (χ2n) is 7.30. The second kappa shape index (κ2) is 5.94. The molecule has 3 atom stereocenters. The van der Waals surface area contributed by atoms with Gasteiger partial charge in [-0.2, -0.15) is 0 Å². The van der Waals surface area contributed by atoms with Gasteiger partial charge >= 0.3 is 0 Å². The van der Waals surface area contributed by atoms with Gasteiger partial charge < -0.3 is 10.1 Å². The van der Waals surface area contributed by atoms with Gasteiger partial charge in [-0.05, 0) is 51.9 Å². The minimum absolute atomic E-state index is 0.149. The number of ether oxygens (including phenoxy) is 1. The smallest absolute Gasteiger partial charge is 0.0692 e. The standard InChI is InChI=1S/C17H32N2O/c1-4-17(5-2)11-14(8-9-20-17)18-15-10-13(3)19(12-15)16-6-7-16/h13-16,18H,4-12H2,1-3H3. The van der Waals surface area contributed by atoms with E-state index in [-0.39, 0.29) is 5.60 Å². The predicted octanol–water partition coefficient (Wildman–Crippen LogP) is 2.94. The molecule has 1 saturated carbocycles. The van der Waals surface area contributed by atoms with E-state index in [2.05, 4.69) is 31.0 Å². The molecule has 0 aromatic rings. The Labute approximate surface area is 124 Å². The molecule has 3 rings (SSSR count). The van der Waals surface area contributed by atoms with Gasteiger partial charge in [0.1, 0.15) is 0 Å². The van der Waals surface area contributed by atoms with Gasteiger partial charge in [0.2, 0.25) is 0 Å². The molecule has 20 heavy (non-hydrogen) atoms. The number of nitrogens with one attached hydrogen (secondary N) is 1. The van der Waals surface area contributed by atoms with Crippen LogP contribution < -0.4 is 5.32 Å². The van der Waals surface area contributed by atoms with Crippen molar-refractivity contribution in [2.45, 2.75) is 95.5 Å². The lowest BCUT2D eigenvalue weighted by atomic mass is 9.85. The highest BCUT2D eigenvalue weighted by molar-refractivity contribution is 4.98. The van der Waals surface area contributed by atoms with E-state index in [4.69, 9.17) is 4.74 Å². The molecule has 0 aromatic heterocycles. The molecule has 2 heterocycles. The lowest BCUT2D eigenvalue weighted by Crippen LogP contribution is -2.49. The zero-order valence-electron chi connectivity index (χ0n) is 13.5. The van der Waals surface area contributed by atoms with E-state index < -0.39 is 0 Å². The maximum atomic E-state index is 6.10. The van der Waals surface area contributed by atoms with Crippen molar-refractivity contribution >= 4 is 0 Å². The molecule has 3 heteroatoms. The largest absolute Gasteiger partial charge is 0.375 e. The fourth-order valence-corrected chi connectivity index (χ4v) is 4.34. The maximum Gasteiger partial charge on any atom is 0.0692 e. The Balaban J connectivity index is 1.53. The van der Waals surface area contributed by atoms with Gasteiger partial charge in [-0.15, -0.1) is 0 Å². The van der Waals surface area contributed by atoms with Crippen LogP contribution in [-0.2, 0) is 4.74 Å². The van der Waals surface area contributed by atoms with Crippen molar-refractivity contribution in [1.29, 1.82) is 0 Å². The third-order valence-corrected chi connectivity index (χ3v) is 5.89. The number of hydrogen-bond donors (Lipinski definition) is 1. The summed E-state index contributed by atoms with van der Waals surface area (Å²) in [4.78, 5) is 2.74. The quantitative estimate of drug-likeness (QED) is 0.838. The van der Waals surface area contributed by atoms with E-state index >= 15 is 0 Å². The van der Waals surface area contributed by atoms with Crippen LogP contribution in [0.25, 0.3) is 0 Å². The normalized spacial score (nSPS) is 38.2. The molecule has 116 valence electrons. The van der Waals surface area contributed by atoms with Crippen molar-refractivity contribution in [2.75, 3.05) is 13.2 Å². The van der Waals surface area contributed by atoms with Crippen LogP contribution in [0, 0.1) is 0 Å². The Morgan fingerprint density at radius 3 is 2.55 bits per heavy atom. The summed E-state index contributed by atoms with van der Waals surface area (Å²) in [5.74, 6) is 0. The van der Waals surface area contributed by atoms with Crippen LogP contribution in [0.5, 0.6) is 0 Å². The molecule has 3 fully saturated rings. The highest BCUT2D eigenvalue weighted by Gasteiger charge is 2.40. The van der Waals surface area contributed by atoms with Crippen molar-refractivity contribution < 1.29 is 4.74 Å². The predicted molar refractivity (Wildman–Crippen MR) is 83.0 cm³/mol. The highest BCUT2D eigenvalue weighted by Crippen LogP contribution is 2.35. The van der Waals surface area contributed by atoms with Crippen LogP contribution >= 0.6 is 0 Å². The van der Waals surface area contributed by atoms with Crippen LogP contribution in [0.2, 0.25) is 0 Å². The van der Waals surface area contributed by atoms with Crippen LogP contribution in [0.4, 0.5) is 0 Å². The summed E-state index contributed by atoms with van der Waals surface area (Å²) in [6, 6.07) is 3.07. The molecule has 0 spiro atoms. The molecule has 1 N–H and O–H groups in total. The molecule has 0 bridgehead atoms. The molecule has 3 nitrogen and oxygen atoms in total. The summed E-state index contributed by atoms with van der Waals surface area (Å²) >= 11 is 0. The van der Waals surface area contributed by atoms with Crippen molar-refractivity contribution in [3.05, 3.63) is 0 Å². The zero-order chi connectivity index (χ0) is 14.2. The third kappa shape index (κ3) is 3.05. The lowest BCUT2D eigenvalue weighted by molar-refractivity contribution is -0.0939. The van der Waals surface area contributed by atoms with E-state index in [0.29, 0.717) is 12.1 Å². The molecular formula is C17H32N2O. The lowest BCUT2D eigenvalue weighted by Gasteiger charge is -2.41. The topological polar surface area (TPSA) is 24.5 Å². The number of hydrogen-bond acceptors (Lipinski definition) is 3. The van der Waals surface area contributed by atoms with Crippen LogP contribution in [0.3, 0.4) is 0 Å². The molecule has 3 unspecified atom stereocenters. The maximum absolute atomic E-state index is 6.10. The first-order valence-corrected chi connectivity index (χ1v) is 8.81. The average molecular weight is 280 g/mol. The van der Waals surface area contributed by atoms with Gasteiger partial charge in [-0.1, -0.05) is 13.8 Å². The van der Waals surface area contributed by atoms with Crippen LogP contribution in [0.15, 0.2) is 0 Å². The summed E-state index contributed by atoms with van der Waals surface area (Å²) in [6.45, 7) is 9.17. The summed E-state index contributed by atoms with van der Waals surface area (Å²) < 4.78 is 6.10. The number of nitrogens with zero attached hydrogens (tertiary/aromatic N) is 1. The number of rotatable bonds is 5. The minimum atomic E-state index is 0.149. The third-order valence-electron chi connectivity index (χ3n) is 5.89. The Hall–Kier alpha value is -0.120. The van der Waals surface area contributed by atoms with E-state index in [1.54, 1.807) is 0 Å². The van der Waals surface area contributed by atoms with Gasteiger partial charge in [-0.3, -0.25) is 4.90 Å². The summed E-state index contributed by atoms with van der Waals surface area (Å²) in [5, 5.41) is 3.96. The Bertz CT molecular complexity index is 325. The van der Waals surface area contributed by atoms with Gasteiger partial charge in [0, 0.05) is 37.3 Å². The first-order chi connectivity index (χ1) is 9.65. The Morgan fingerprint density at radius 2 is 1.90 bits per heavy atom. The molecule has 1 aliphatic carbocycles. The Morgan fingerprint density at radius 1 is 1.15 bits per heavy atom. The molecule has 0 radical (unpaired) electrons. The summed E-state index contributed by atoms with van der Waals surface area (Å²) in [6.07, 6.45) is 8.89. The van der Waals surface area contributed by atoms with Crippen molar-refractivity contribution in [1.82, 2.24) is 10.2 Å². The first kappa shape index (κ1) is 14.8. The van der Waals surface area contributed by atoms with Crippen LogP contribution in [-0.4, -0.2) is 47.8 Å². The summed E-state index contributed by atoms with van der Waals surface area (Å²) in [5.41, 5.74) is 0.149. The monoisotopic (exact) mass is 280 g/mol. The molecule has 2 aliphatic heterocycles. The fraction of sp³-hybridized carbons (Fsp3) is 1.00. The highest BCUT2D eigenvalue weighted by atomic mass is 16.5. The average Bonchev–Trinajstić information content (AvgIpc) is 3.23. The SMILES string of the molecule is CCC1(CC)CC(NC2CC(C)N(C3CC3)C2)CCO1. The van der Waals surface area contributed by atoms with Gasteiger partial charge in [0.05, 0.1) is 5.60 Å². The van der Waals surface area contributed by atoms with Crippen LogP contribution in [0.1, 0.15) is 65.7 Å². The number of likely N-dealkylation sites (tertiary alicyclic amines) is 1. The second-order valence-corrected chi connectivity index (χ2v) is 7.30. The van der Waals surface area contributed by atoms with E-state index in [1.165, 1.54) is 38.6 Å². The molecule has 2 saturated heterocycles. The molecule has 0 amide bonds. The molecule has 3 aliphatic rings. The Kier molecular flexibility index (Phi) is 4.40.